The normalized spacial score (nSPS) is 20.6. The molecule has 0 heterocycles. The maximum Gasteiger partial charge on any atom is 0.333 e. The molecule has 0 bridgehead atoms. The lowest BCUT2D eigenvalue weighted by Gasteiger charge is -2.47. The van der Waals surface area contributed by atoms with Gasteiger partial charge in [-0.25, -0.2) is 9.59 Å². The summed E-state index contributed by atoms with van der Waals surface area (Å²) in [6.45, 7) is 13.5. The Morgan fingerprint density at radius 1 is 0.652 bits per heavy atom. The van der Waals surface area contributed by atoms with Crippen LogP contribution in [-0.4, -0.2) is 91.9 Å². The topological polar surface area (TPSA) is 266 Å². The number of benzene rings is 4. The van der Waals surface area contributed by atoms with Crippen molar-refractivity contribution >= 4 is 50.9 Å². The van der Waals surface area contributed by atoms with E-state index < -0.39 is 82.0 Å². The Hall–Kier alpha value is -6.12. The second-order valence-electron chi connectivity index (χ2n) is 17.2. The predicted octanol–water partition coefficient (Wildman–Crippen LogP) is 7.59. The number of carbonyl (C=O) groups excluding carboxylic acids is 2. The summed E-state index contributed by atoms with van der Waals surface area (Å²) >= 11 is 0. The first kappa shape index (κ1) is 53.8. The molecular formula is C48H56N6O12S2Si. The molecule has 0 fully saturated rings. The van der Waals surface area contributed by atoms with Gasteiger partial charge in [0.25, 0.3) is 28.6 Å². The number of aryl methyl sites for hydroxylation is 2. The van der Waals surface area contributed by atoms with Crippen molar-refractivity contribution in [1.29, 1.82) is 0 Å². The van der Waals surface area contributed by atoms with E-state index in [9.17, 15) is 37.1 Å². The molecule has 0 unspecified atom stereocenters. The molecule has 2 aliphatic rings. The summed E-state index contributed by atoms with van der Waals surface area (Å²) < 4.78 is 80.1. The fourth-order valence-electron chi connectivity index (χ4n) is 8.01. The van der Waals surface area contributed by atoms with Crippen LogP contribution in [0, 0.1) is 13.8 Å². The van der Waals surface area contributed by atoms with Crippen LogP contribution in [-0.2, 0) is 52.1 Å². The number of esters is 2. The average Bonchev–Trinajstić information content (AvgIpc) is 3.30. The molecule has 4 aromatic carbocycles. The Balaban J connectivity index is 0.000000292. The molecule has 0 saturated carbocycles. The summed E-state index contributed by atoms with van der Waals surface area (Å²) in [5, 5.41) is 19.1. The summed E-state index contributed by atoms with van der Waals surface area (Å²) in [5.41, 5.74) is 20.3. The molecule has 1 N–H and O–H groups in total. The number of hydrogen-bond donors (Lipinski definition) is 1. The van der Waals surface area contributed by atoms with Gasteiger partial charge in [0, 0.05) is 33.8 Å². The average molecular weight is 1000 g/mol. The van der Waals surface area contributed by atoms with Crippen molar-refractivity contribution in [3.63, 3.8) is 0 Å². The van der Waals surface area contributed by atoms with Crippen molar-refractivity contribution in [3.8, 4) is 0 Å². The molecule has 4 aromatic rings. The van der Waals surface area contributed by atoms with Gasteiger partial charge in [-0.2, -0.15) is 16.8 Å². The number of carbonyl (C=O) groups is 2. The maximum absolute atomic E-state index is 13.4. The molecular weight excluding hydrogens is 945 g/mol. The van der Waals surface area contributed by atoms with E-state index in [1.165, 1.54) is 36.4 Å². The van der Waals surface area contributed by atoms with E-state index in [0.29, 0.717) is 0 Å². The number of hydrogen-bond acceptors (Lipinski definition) is 14. The number of aliphatic hydroxyl groups excluding tert-OH is 1. The SMILES string of the molecule is CCOC(=O)C1=C[C@H](OS(=O)(=O)c2ccc(C)cc2)[C@H](N=[N+]=[N-])[C@H](O)C1.CCOC(=O)C1=C[C@H](OS(=O)(=O)c2ccc(C)cc2)[C@H](N=[N+]=[N-])[C@H](O[Si](c2ccccc2)(c2ccccc2)C(C)(C)C)C1. The van der Waals surface area contributed by atoms with Crippen LogP contribution in [0.4, 0.5) is 0 Å². The summed E-state index contributed by atoms with van der Waals surface area (Å²) in [7, 11) is -11.7. The number of rotatable bonds is 16. The van der Waals surface area contributed by atoms with E-state index in [0.717, 1.165) is 21.5 Å². The summed E-state index contributed by atoms with van der Waals surface area (Å²) in [5.74, 6) is -1.30. The van der Waals surface area contributed by atoms with Crippen LogP contribution >= 0.6 is 0 Å². The molecule has 6 rings (SSSR count). The number of aliphatic hydroxyl groups is 1. The zero-order valence-electron chi connectivity index (χ0n) is 39.3. The molecule has 0 spiro atoms. The minimum atomic E-state index is -4.31. The number of ether oxygens (including phenoxy) is 2. The molecule has 6 atom stereocenters. The van der Waals surface area contributed by atoms with Gasteiger partial charge in [0.05, 0.1) is 47.3 Å². The third-order valence-corrected chi connectivity index (χ3v) is 19.0. The second kappa shape index (κ2) is 23.5. The second-order valence-corrected chi connectivity index (χ2v) is 24.6. The summed E-state index contributed by atoms with van der Waals surface area (Å²) in [4.78, 5) is 30.5. The number of nitrogens with zero attached hydrogens (tertiary/aromatic N) is 6. The molecule has 0 saturated heterocycles. The van der Waals surface area contributed by atoms with Crippen LogP contribution in [0.5, 0.6) is 0 Å². The highest BCUT2D eigenvalue weighted by atomic mass is 32.2. The Kier molecular flexibility index (Phi) is 18.3. The van der Waals surface area contributed by atoms with Gasteiger partial charge in [0.2, 0.25) is 0 Å². The predicted molar refractivity (Wildman–Crippen MR) is 260 cm³/mol. The van der Waals surface area contributed by atoms with Gasteiger partial charge in [-0.3, -0.25) is 8.37 Å². The van der Waals surface area contributed by atoms with Gasteiger partial charge in [-0.1, -0.05) is 127 Å². The van der Waals surface area contributed by atoms with Crippen LogP contribution in [0.1, 0.15) is 58.6 Å². The first-order valence-electron chi connectivity index (χ1n) is 22.0. The minimum absolute atomic E-state index is 0.0391. The molecule has 366 valence electrons. The standard InChI is InChI=1S/C32H37N3O6SSi.C16H19N3O6S/c1-6-39-31(36)24-21-28(40-42(37,38)25-19-17-23(2)18-20-25)30(34-35-33)29(22-24)41-43(32(3,4)5,26-13-9-7-10-14-26)27-15-11-8-12-16-27;1-3-24-16(21)11-8-13(20)15(18-19-17)14(9-11)25-26(22,23)12-6-4-10(2)5-7-12/h7-21,28-30H,6,22H2,1-5H3;4-7,9,13-15,20H,3,8H2,1-2H3/t28-,29+,30-;13-,14+,15-/m01/s1. The fourth-order valence-corrected chi connectivity index (χ4v) is 14.8. The Morgan fingerprint density at radius 2 is 1.04 bits per heavy atom. The highest BCUT2D eigenvalue weighted by Gasteiger charge is 2.54. The van der Waals surface area contributed by atoms with E-state index in [1.807, 2.05) is 67.6 Å². The smallest absolute Gasteiger partial charge is 0.333 e. The Morgan fingerprint density at radius 3 is 1.43 bits per heavy atom. The Labute approximate surface area is 403 Å². The summed E-state index contributed by atoms with van der Waals surface area (Å²) in [6, 6.07) is 29.6. The molecule has 69 heavy (non-hydrogen) atoms. The van der Waals surface area contributed by atoms with Crippen molar-refractivity contribution in [1.82, 2.24) is 0 Å². The van der Waals surface area contributed by atoms with E-state index in [-0.39, 0.29) is 47.0 Å². The third-order valence-electron chi connectivity index (χ3n) is 11.3. The van der Waals surface area contributed by atoms with Crippen molar-refractivity contribution in [2.75, 3.05) is 13.2 Å². The third kappa shape index (κ3) is 13.2. The molecule has 21 heteroatoms. The minimum Gasteiger partial charge on any atom is -0.463 e. The zero-order valence-corrected chi connectivity index (χ0v) is 41.9. The van der Waals surface area contributed by atoms with Gasteiger partial charge in [-0.05, 0) is 90.6 Å². The van der Waals surface area contributed by atoms with Crippen LogP contribution < -0.4 is 10.4 Å². The first-order chi connectivity index (χ1) is 32.7. The van der Waals surface area contributed by atoms with Crippen molar-refractivity contribution in [2.24, 2.45) is 10.2 Å². The quantitative estimate of drug-likeness (QED) is 0.0284. The van der Waals surface area contributed by atoms with Crippen molar-refractivity contribution in [2.45, 2.75) is 113 Å². The molecule has 0 radical (unpaired) electrons. The largest absolute Gasteiger partial charge is 0.463 e. The molecule has 0 amide bonds. The van der Waals surface area contributed by atoms with Crippen molar-refractivity contribution < 1.29 is 53.8 Å². The van der Waals surface area contributed by atoms with Gasteiger partial charge in [-0.15, -0.1) is 0 Å². The van der Waals surface area contributed by atoms with Crippen molar-refractivity contribution in [3.05, 3.63) is 165 Å². The van der Waals surface area contributed by atoms with Gasteiger partial charge < -0.3 is 19.0 Å². The van der Waals surface area contributed by atoms with Gasteiger partial charge in [0.1, 0.15) is 12.2 Å². The lowest BCUT2D eigenvalue weighted by atomic mass is 9.91. The highest BCUT2D eigenvalue weighted by molar-refractivity contribution is 7.87. The zero-order chi connectivity index (χ0) is 50.6. The monoisotopic (exact) mass is 1000 g/mol. The lowest BCUT2D eigenvalue weighted by Crippen LogP contribution is -2.69. The molecule has 2 aliphatic carbocycles. The van der Waals surface area contributed by atoms with E-state index in [1.54, 1.807) is 45.0 Å². The Bertz CT molecular complexity index is 2770. The van der Waals surface area contributed by atoms with Crippen LogP contribution in [0.3, 0.4) is 0 Å². The van der Waals surface area contributed by atoms with E-state index >= 15 is 0 Å². The highest BCUT2D eigenvalue weighted by Crippen LogP contribution is 2.41. The van der Waals surface area contributed by atoms with Gasteiger partial charge in [0.15, 0.2) is 0 Å². The lowest BCUT2D eigenvalue weighted by molar-refractivity contribution is -0.140. The van der Waals surface area contributed by atoms with E-state index in [4.69, 9.17) is 27.8 Å². The summed E-state index contributed by atoms with van der Waals surface area (Å²) in [6.07, 6.45) is -2.34. The molecule has 0 aromatic heterocycles. The fraction of sp³-hybridized carbons (Fsp3) is 0.375. The van der Waals surface area contributed by atoms with Gasteiger partial charge >= 0.3 is 11.9 Å². The first-order valence-corrected chi connectivity index (χ1v) is 26.7. The molecule has 0 aliphatic heterocycles. The number of azide groups is 2. The van der Waals surface area contributed by atoms with Crippen LogP contribution in [0.15, 0.2) is 153 Å². The molecule has 18 nitrogen and oxygen atoms in total. The van der Waals surface area contributed by atoms with E-state index in [2.05, 4.69) is 40.8 Å². The van der Waals surface area contributed by atoms with Crippen LogP contribution in [0.25, 0.3) is 20.9 Å². The van der Waals surface area contributed by atoms with Crippen LogP contribution in [0.2, 0.25) is 5.04 Å². The maximum atomic E-state index is 13.4.